The molecule has 0 aliphatic rings. The fraction of sp³-hybridized carbons (Fsp3) is 0.342. The van der Waals surface area contributed by atoms with Crippen LogP contribution in [-0.4, -0.2) is 134 Å². The van der Waals surface area contributed by atoms with Crippen LogP contribution in [-0.2, 0) is 68.9 Å². The van der Waals surface area contributed by atoms with Gasteiger partial charge in [0.15, 0.2) is 23.0 Å². The van der Waals surface area contributed by atoms with E-state index in [0.29, 0.717) is 5.56 Å². The molecule has 4 N–H and O–H groups in total. The van der Waals surface area contributed by atoms with Crippen LogP contribution in [0.2, 0.25) is 0 Å². The van der Waals surface area contributed by atoms with E-state index in [0.717, 1.165) is 16.7 Å². The van der Waals surface area contributed by atoms with Crippen LogP contribution in [0.1, 0.15) is 110 Å². The van der Waals surface area contributed by atoms with E-state index in [4.69, 9.17) is 28.4 Å². The number of carbonyl (C=O) groups excluding carboxylic acids is 6. The van der Waals surface area contributed by atoms with E-state index in [1.807, 2.05) is 97.1 Å². The SMILES string of the molecule is Cn1ccc(C(=O)NCCCN(CCCC(C(=O)NCCOCCNC(=O)OC(C)(C)C)N(CCCNC(=O)c2ccn(C)c(=O)c2OCc2ccccc2)C(=O)c2ccn(C)c(=O)c2OCc2ccccc2)C(=O)c2ccn(C)c(=O)c2OCc2ccccc2)c(OCc2ccccc2)c1=O. The quantitative estimate of drug-likeness (QED) is 0.0293. The molecule has 4 heterocycles. The Balaban J connectivity index is 1.11. The van der Waals surface area contributed by atoms with Gasteiger partial charge in [-0.05, 0) is 93.0 Å². The van der Waals surface area contributed by atoms with Crippen molar-refractivity contribution in [3.8, 4) is 23.0 Å². The van der Waals surface area contributed by atoms with Gasteiger partial charge in [-0.15, -0.1) is 0 Å². The minimum Gasteiger partial charge on any atom is -0.482 e. The fourth-order valence-electron chi connectivity index (χ4n) is 10.7. The number of hydrogen-bond donors (Lipinski definition) is 4. The molecule has 1 atom stereocenters. The smallest absolute Gasteiger partial charge is 0.407 e. The van der Waals surface area contributed by atoms with E-state index in [1.54, 1.807) is 45.0 Å². The number of ether oxygens (including phenoxy) is 6. The summed E-state index contributed by atoms with van der Waals surface area (Å²) < 4.78 is 40.5. The number of nitrogens with one attached hydrogen (secondary N) is 4. The van der Waals surface area contributed by atoms with Gasteiger partial charge in [0, 0.05) is 98.8 Å². The molecule has 0 fully saturated rings. The summed E-state index contributed by atoms with van der Waals surface area (Å²) >= 11 is 0. The zero-order valence-corrected chi connectivity index (χ0v) is 58.5. The molecule has 538 valence electrons. The van der Waals surface area contributed by atoms with Crippen LogP contribution >= 0.6 is 0 Å². The number of pyridine rings is 4. The van der Waals surface area contributed by atoms with Gasteiger partial charge in [-0.25, -0.2) is 4.79 Å². The lowest BCUT2D eigenvalue weighted by molar-refractivity contribution is -0.126. The van der Waals surface area contributed by atoms with Crippen molar-refractivity contribution < 1.29 is 57.2 Å². The van der Waals surface area contributed by atoms with Gasteiger partial charge in [0.1, 0.15) is 38.1 Å². The number of aryl methyl sites for hydroxylation is 4. The third kappa shape index (κ3) is 22.0. The van der Waals surface area contributed by atoms with Gasteiger partial charge < -0.3 is 77.8 Å². The van der Waals surface area contributed by atoms with Gasteiger partial charge >= 0.3 is 6.09 Å². The standard InChI is InChI=1S/C76H88N10O16/c1-76(2,3)102-75(96)80-39-48-97-47-38-79-68(89)61(86(70(91)60-35-46-84(7)74(95)65(60)101-52-56-29-18-11-19-30-56)42-22-37-78-67(88)58-33-44-82(5)72(93)63(58)99-50-54-25-14-9-15-26-54)31-20-40-85(69(90)59-34-45-83(6)73(94)64(59)100-51-55-27-16-10-17-28-55)41-21-36-77-66(87)57-32-43-81(4)71(92)62(57)98-49-53-23-12-8-13-24-53/h8-19,23-30,32-35,43-46,61H,20-22,31,36-42,47-52H2,1-7H3,(H,77,87)(H,78,88)(H,79,89)(H,80,96). The van der Waals surface area contributed by atoms with E-state index < -0.39 is 69.5 Å². The molecule has 102 heavy (non-hydrogen) atoms. The fourth-order valence-corrected chi connectivity index (χ4v) is 10.7. The van der Waals surface area contributed by atoms with Crippen molar-refractivity contribution in [3.05, 3.63) is 256 Å². The molecule has 0 saturated carbocycles. The lowest BCUT2D eigenvalue weighted by Gasteiger charge is -2.32. The van der Waals surface area contributed by atoms with Crippen LogP contribution < -0.4 is 62.5 Å². The maximum atomic E-state index is 15.7. The van der Waals surface area contributed by atoms with Crippen molar-refractivity contribution >= 4 is 35.6 Å². The predicted octanol–water partition coefficient (Wildman–Crippen LogP) is 6.83. The molecule has 4 aromatic carbocycles. The molecule has 0 aliphatic heterocycles. The van der Waals surface area contributed by atoms with Crippen LogP contribution in [0.15, 0.2) is 190 Å². The normalized spacial score (nSPS) is 11.4. The monoisotopic (exact) mass is 1400 g/mol. The van der Waals surface area contributed by atoms with Gasteiger partial charge in [0.2, 0.25) is 5.91 Å². The highest BCUT2D eigenvalue weighted by molar-refractivity contribution is 6.00. The highest BCUT2D eigenvalue weighted by atomic mass is 16.6. The van der Waals surface area contributed by atoms with Gasteiger partial charge in [-0.2, -0.15) is 0 Å². The van der Waals surface area contributed by atoms with E-state index in [9.17, 15) is 33.6 Å². The van der Waals surface area contributed by atoms with Crippen LogP contribution in [0.5, 0.6) is 23.0 Å². The summed E-state index contributed by atoms with van der Waals surface area (Å²) in [5.41, 5.74) is -0.459. The first-order chi connectivity index (χ1) is 49.1. The Hall–Kier alpha value is -11.5. The van der Waals surface area contributed by atoms with Crippen molar-refractivity contribution in [3.63, 3.8) is 0 Å². The molecule has 0 aliphatic carbocycles. The molecule has 0 saturated heterocycles. The molecule has 0 spiro atoms. The third-order valence-electron chi connectivity index (χ3n) is 16.1. The molecule has 0 radical (unpaired) electrons. The van der Waals surface area contributed by atoms with E-state index >= 15 is 14.4 Å². The molecule has 1 unspecified atom stereocenters. The topological polar surface area (TPSA) is 300 Å². The van der Waals surface area contributed by atoms with E-state index in [2.05, 4.69) is 21.3 Å². The number of rotatable bonds is 36. The van der Waals surface area contributed by atoms with Crippen LogP contribution in [0.25, 0.3) is 0 Å². The summed E-state index contributed by atoms with van der Waals surface area (Å²) in [7, 11) is 6.08. The number of carbonyl (C=O) groups is 6. The second-order valence-electron chi connectivity index (χ2n) is 25.0. The van der Waals surface area contributed by atoms with E-state index in [-0.39, 0.29) is 156 Å². The summed E-state index contributed by atoms with van der Waals surface area (Å²) in [4.78, 5) is 144. The Labute approximate surface area is 590 Å². The molecule has 26 heteroatoms. The number of amides is 6. The van der Waals surface area contributed by atoms with Gasteiger partial charge in [-0.3, -0.25) is 43.2 Å². The minimum atomic E-state index is -1.40. The second-order valence-corrected chi connectivity index (χ2v) is 25.0. The Morgan fingerprint density at radius 2 is 0.755 bits per heavy atom. The first-order valence-electron chi connectivity index (χ1n) is 33.5. The molecular formula is C76H88N10O16. The maximum absolute atomic E-state index is 15.7. The summed E-state index contributed by atoms with van der Waals surface area (Å²) in [6, 6.07) is 40.7. The molecular weight excluding hydrogens is 1310 g/mol. The zero-order valence-electron chi connectivity index (χ0n) is 58.5. The van der Waals surface area contributed by atoms with Gasteiger partial charge in [-0.1, -0.05) is 121 Å². The number of alkyl carbamates (subject to hydrolysis) is 1. The molecule has 26 nitrogen and oxygen atoms in total. The highest BCUT2D eigenvalue weighted by Gasteiger charge is 2.34. The third-order valence-corrected chi connectivity index (χ3v) is 16.1. The summed E-state index contributed by atoms with van der Waals surface area (Å²) in [6.45, 7) is 4.45. The first-order valence-corrected chi connectivity index (χ1v) is 33.5. The molecule has 8 aromatic rings. The number of hydrogen-bond acceptors (Lipinski definition) is 16. The van der Waals surface area contributed by atoms with Crippen molar-refractivity contribution in [1.29, 1.82) is 0 Å². The molecule has 4 aromatic heterocycles. The number of nitrogens with zero attached hydrogens (tertiary/aromatic N) is 6. The van der Waals surface area contributed by atoms with Crippen LogP contribution in [0, 0.1) is 0 Å². The Kier molecular flexibility index (Phi) is 28.1. The van der Waals surface area contributed by atoms with Crippen molar-refractivity contribution in [2.45, 2.75) is 84.5 Å². The average Bonchev–Trinajstić information content (AvgIpc) is 0.818. The molecule has 6 amide bonds. The highest BCUT2D eigenvalue weighted by Crippen LogP contribution is 2.24. The predicted molar refractivity (Wildman–Crippen MR) is 382 cm³/mol. The number of aromatic nitrogens is 4. The zero-order chi connectivity index (χ0) is 73.1. The molecule has 0 bridgehead atoms. The minimum absolute atomic E-state index is 0.00558. The average molecular weight is 1400 g/mol. The van der Waals surface area contributed by atoms with Crippen molar-refractivity contribution in [2.24, 2.45) is 28.2 Å². The molecule has 8 rings (SSSR count). The second kappa shape index (κ2) is 37.6. The summed E-state index contributed by atoms with van der Waals surface area (Å²) in [6.07, 6.45) is 5.03. The van der Waals surface area contributed by atoms with E-state index in [1.165, 1.54) is 105 Å². The maximum Gasteiger partial charge on any atom is 0.407 e. The lowest BCUT2D eigenvalue weighted by atomic mass is 10.0. The first kappa shape index (κ1) is 76.2. The Morgan fingerprint density at radius 1 is 0.412 bits per heavy atom. The lowest BCUT2D eigenvalue weighted by Crippen LogP contribution is -2.51. The Bertz CT molecular complexity index is 4400. The summed E-state index contributed by atoms with van der Waals surface area (Å²) in [5, 5.41) is 11.2. The van der Waals surface area contributed by atoms with Crippen LogP contribution in [0.3, 0.4) is 0 Å². The number of benzene rings is 4. The van der Waals surface area contributed by atoms with Crippen LogP contribution in [0.4, 0.5) is 4.79 Å². The van der Waals surface area contributed by atoms with Crippen molar-refractivity contribution in [1.82, 2.24) is 49.3 Å². The van der Waals surface area contributed by atoms with Crippen molar-refractivity contribution in [2.75, 3.05) is 59.0 Å². The van der Waals surface area contributed by atoms with Gasteiger partial charge in [0.05, 0.1) is 35.5 Å². The Morgan fingerprint density at radius 3 is 1.15 bits per heavy atom. The van der Waals surface area contributed by atoms with Gasteiger partial charge in [0.25, 0.3) is 45.9 Å². The largest absolute Gasteiger partial charge is 0.482 e. The summed E-state index contributed by atoms with van der Waals surface area (Å²) in [5.74, 6) is -4.28.